The molecule has 0 aromatic carbocycles. The van der Waals surface area contributed by atoms with E-state index in [1.165, 1.54) is 12.8 Å². The maximum Gasteiger partial charge on any atom is 0.00730 e. The Hall–Kier alpha value is -0.300. The highest BCUT2D eigenvalue weighted by atomic mass is 14.7. The summed E-state index contributed by atoms with van der Waals surface area (Å²) in [6.45, 7) is 8.42. The van der Waals surface area contributed by atoms with E-state index < -0.39 is 0 Å². The van der Waals surface area contributed by atoms with Crippen LogP contribution >= 0.6 is 0 Å². The van der Waals surface area contributed by atoms with Gasteiger partial charge in [-0.1, -0.05) is 26.3 Å². The van der Waals surface area contributed by atoms with Gasteiger partial charge in [0.05, 0.1) is 0 Å². The van der Waals surface area contributed by atoms with E-state index in [2.05, 4.69) is 26.5 Å². The van der Waals surface area contributed by atoms with Crippen LogP contribution in [0.25, 0.3) is 0 Å². The Morgan fingerprint density at radius 3 is 2.75 bits per heavy atom. The fraction of sp³-hybridized carbons (Fsp3) is 0.818. The molecule has 4 atom stereocenters. The maximum atomic E-state index is 6.02. The van der Waals surface area contributed by atoms with Gasteiger partial charge < -0.3 is 5.73 Å². The van der Waals surface area contributed by atoms with Crippen molar-refractivity contribution >= 4 is 0 Å². The molecule has 70 valence electrons. The lowest BCUT2D eigenvalue weighted by atomic mass is 9.86. The van der Waals surface area contributed by atoms with Gasteiger partial charge in [-0.05, 0) is 30.6 Å². The van der Waals surface area contributed by atoms with Gasteiger partial charge in [0.25, 0.3) is 0 Å². The molecule has 12 heavy (non-hydrogen) atoms. The van der Waals surface area contributed by atoms with Crippen LogP contribution in [-0.2, 0) is 0 Å². The third-order valence-electron chi connectivity index (χ3n) is 3.37. The van der Waals surface area contributed by atoms with Crippen LogP contribution < -0.4 is 5.73 Å². The molecular formula is C11H21N. The highest BCUT2D eigenvalue weighted by Crippen LogP contribution is 2.39. The van der Waals surface area contributed by atoms with Crippen LogP contribution in [0.2, 0.25) is 0 Å². The van der Waals surface area contributed by atoms with Crippen molar-refractivity contribution < 1.29 is 0 Å². The van der Waals surface area contributed by atoms with Gasteiger partial charge in [0.1, 0.15) is 0 Å². The van der Waals surface area contributed by atoms with Crippen molar-refractivity contribution in [3.63, 3.8) is 0 Å². The molecular weight excluding hydrogens is 146 g/mol. The first kappa shape index (κ1) is 9.79. The number of allylic oxidation sites excluding steroid dienone is 1. The summed E-state index contributed by atoms with van der Waals surface area (Å²) in [6.07, 6.45) is 5.83. The van der Waals surface area contributed by atoms with E-state index in [4.69, 9.17) is 5.73 Å². The lowest BCUT2D eigenvalue weighted by Crippen LogP contribution is -2.25. The van der Waals surface area contributed by atoms with Crippen LogP contribution in [0.3, 0.4) is 0 Å². The Morgan fingerprint density at radius 2 is 2.25 bits per heavy atom. The summed E-state index contributed by atoms with van der Waals surface area (Å²) < 4.78 is 0. The molecule has 3 unspecified atom stereocenters. The Balaban J connectivity index is 2.59. The number of nitrogens with two attached hydrogens (primary N) is 1. The average molecular weight is 167 g/mol. The maximum absolute atomic E-state index is 6.02. The summed E-state index contributed by atoms with van der Waals surface area (Å²) in [6, 6.07) is 0.407. The second kappa shape index (κ2) is 4.08. The van der Waals surface area contributed by atoms with E-state index in [0.29, 0.717) is 17.9 Å². The summed E-state index contributed by atoms with van der Waals surface area (Å²) in [7, 11) is 0. The van der Waals surface area contributed by atoms with E-state index >= 15 is 0 Å². The first-order valence-electron chi connectivity index (χ1n) is 5.08. The van der Waals surface area contributed by atoms with Crippen molar-refractivity contribution in [2.45, 2.75) is 39.2 Å². The molecule has 1 heteroatoms. The molecule has 1 aliphatic carbocycles. The lowest BCUT2D eigenvalue weighted by Gasteiger charge is -2.20. The molecule has 1 nitrogen and oxygen atoms in total. The number of hydrogen-bond donors (Lipinski definition) is 1. The van der Waals surface area contributed by atoms with Gasteiger partial charge in [-0.3, -0.25) is 0 Å². The van der Waals surface area contributed by atoms with Crippen LogP contribution in [-0.4, -0.2) is 6.04 Å². The predicted molar refractivity (Wildman–Crippen MR) is 53.8 cm³/mol. The minimum Gasteiger partial charge on any atom is -0.327 e. The lowest BCUT2D eigenvalue weighted by molar-refractivity contribution is 0.331. The zero-order chi connectivity index (χ0) is 9.14. The molecule has 0 radical (unpaired) electrons. The molecule has 0 amide bonds. The fourth-order valence-corrected chi connectivity index (χ4v) is 2.49. The molecule has 1 saturated carbocycles. The SMILES string of the molecule is C=C[C@@H]1CC(N)C(C)C1CCC. The second-order valence-electron chi connectivity index (χ2n) is 4.11. The third kappa shape index (κ3) is 1.71. The van der Waals surface area contributed by atoms with E-state index in [1.807, 2.05) is 0 Å². The second-order valence-corrected chi connectivity index (χ2v) is 4.11. The van der Waals surface area contributed by atoms with Gasteiger partial charge >= 0.3 is 0 Å². The molecule has 0 aromatic heterocycles. The van der Waals surface area contributed by atoms with Crippen LogP contribution in [0.5, 0.6) is 0 Å². The number of rotatable bonds is 3. The topological polar surface area (TPSA) is 26.0 Å². The van der Waals surface area contributed by atoms with E-state index in [0.717, 1.165) is 12.3 Å². The Morgan fingerprint density at radius 1 is 1.58 bits per heavy atom. The molecule has 0 saturated heterocycles. The van der Waals surface area contributed by atoms with Crippen molar-refractivity contribution in [2.24, 2.45) is 23.5 Å². The summed E-state index contributed by atoms with van der Waals surface area (Å²) >= 11 is 0. The first-order valence-corrected chi connectivity index (χ1v) is 5.08. The van der Waals surface area contributed by atoms with Crippen LogP contribution in [0.4, 0.5) is 0 Å². The largest absolute Gasteiger partial charge is 0.327 e. The monoisotopic (exact) mass is 167 g/mol. The third-order valence-corrected chi connectivity index (χ3v) is 3.37. The Labute approximate surface area is 76.0 Å². The summed E-state index contributed by atoms with van der Waals surface area (Å²) in [5.74, 6) is 2.16. The zero-order valence-electron chi connectivity index (χ0n) is 8.29. The summed E-state index contributed by atoms with van der Waals surface area (Å²) in [5.41, 5.74) is 6.02. The Bertz CT molecular complexity index is 153. The smallest absolute Gasteiger partial charge is 0.00730 e. The van der Waals surface area contributed by atoms with E-state index in [9.17, 15) is 0 Å². The van der Waals surface area contributed by atoms with Gasteiger partial charge in [0, 0.05) is 6.04 Å². The molecule has 1 rings (SSSR count). The van der Waals surface area contributed by atoms with Crippen molar-refractivity contribution in [1.82, 2.24) is 0 Å². The van der Waals surface area contributed by atoms with Crippen molar-refractivity contribution in [3.05, 3.63) is 12.7 Å². The highest BCUT2D eigenvalue weighted by Gasteiger charge is 2.36. The highest BCUT2D eigenvalue weighted by molar-refractivity contribution is 4.97. The minimum atomic E-state index is 0.407. The van der Waals surface area contributed by atoms with Gasteiger partial charge in [-0.15, -0.1) is 6.58 Å². The van der Waals surface area contributed by atoms with Crippen LogP contribution in [0.15, 0.2) is 12.7 Å². The fourth-order valence-electron chi connectivity index (χ4n) is 2.49. The van der Waals surface area contributed by atoms with E-state index in [-0.39, 0.29) is 0 Å². The molecule has 2 N–H and O–H groups in total. The minimum absolute atomic E-state index is 0.407. The van der Waals surface area contributed by atoms with E-state index in [1.54, 1.807) is 0 Å². The molecule has 0 aliphatic heterocycles. The zero-order valence-corrected chi connectivity index (χ0v) is 8.29. The first-order chi connectivity index (χ1) is 5.70. The molecule has 0 aromatic rings. The summed E-state index contributed by atoms with van der Waals surface area (Å²) in [4.78, 5) is 0. The van der Waals surface area contributed by atoms with Gasteiger partial charge in [-0.25, -0.2) is 0 Å². The van der Waals surface area contributed by atoms with Gasteiger partial charge in [-0.2, -0.15) is 0 Å². The standard InChI is InChI=1S/C11H21N/c1-4-6-10-8(3)11(12)7-9(10)5-2/h5,8-11H,2,4,6-7,12H2,1,3H3/t8?,9-,10?,11?/m1/s1. The van der Waals surface area contributed by atoms with Crippen molar-refractivity contribution in [1.29, 1.82) is 0 Å². The average Bonchev–Trinajstić information content (AvgIpc) is 2.33. The molecule has 1 fully saturated rings. The quantitative estimate of drug-likeness (QED) is 0.642. The normalized spacial score (nSPS) is 41.6. The number of hydrogen-bond acceptors (Lipinski definition) is 1. The van der Waals surface area contributed by atoms with Crippen molar-refractivity contribution in [2.75, 3.05) is 0 Å². The summed E-state index contributed by atoms with van der Waals surface area (Å²) in [5, 5.41) is 0. The van der Waals surface area contributed by atoms with Crippen molar-refractivity contribution in [3.8, 4) is 0 Å². The Kier molecular flexibility index (Phi) is 3.33. The van der Waals surface area contributed by atoms with Crippen LogP contribution in [0, 0.1) is 17.8 Å². The predicted octanol–water partition coefficient (Wildman–Crippen LogP) is 2.57. The molecule has 1 aliphatic rings. The van der Waals surface area contributed by atoms with Crippen LogP contribution in [0.1, 0.15) is 33.1 Å². The molecule has 0 heterocycles. The molecule has 0 bridgehead atoms. The van der Waals surface area contributed by atoms with Gasteiger partial charge in [0.2, 0.25) is 0 Å². The van der Waals surface area contributed by atoms with Gasteiger partial charge in [0.15, 0.2) is 0 Å². The molecule has 0 spiro atoms.